The van der Waals surface area contributed by atoms with Crippen LogP contribution in [-0.4, -0.2) is 16.6 Å². The van der Waals surface area contributed by atoms with Crippen LogP contribution in [-0.2, 0) is 15.3 Å². The van der Waals surface area contributed by atoms with Gasteiger partial charge in [0, 0.05) is 0 Å². The molecular weight excluding hydrogens is 148 g/mol. The lowest BCUT2D eigenvalue weighted by Gasteiger charge is -2.26. The van der Waals surface area contributed by atoms with Gasteiger partial charge in [-0.2, -0.15) is 0 Å². The van der Waals surface area contributed by atoms with Gasteiger partial charge in [-0.15, -0.1) is 6.42 Å². The largest absolute Gasteiger partial charge is 0.289 e. The van der Waals surface area contributed by atoms with Gasteiger partial charge in [0.05, 0.1) is 17.8 Å². The van der Waals surface area contributed by atoms with Crippen molar-refractivity contribution in [1.82, 2.24) is 0 Å². The molecule has 0 amide bonds. The summed E-state index contributed by atoms with van der Waals surface area (Å²) in [4.78, 5) is 0. The molecule has 2 nitrogen and oxygen atoms in total. The van der Waals surface area contributed by atoms with E-state index < -0.39 is 11.1 Å². The fourth-order valence-electron chi connectivity index (χ4n) is 0.749. The summed E-state index contributed by atoms with van der Waals surface area (Å²) in [6, 6.07) is 0. The Labute approximate surface area is 63.6 Å². The lowest BCUT2D eigenvalue weighted by atomic mass is 9.90. The molecule has 10 heavy (non-hydrogen) atoms. The lowest BCUT2D eigenvalue weighted by Crippen LogP contribution is -2.30. The first-order valence-electron chi connectivity index (χ1n) is 3.16. The zero-order valence-corrected chi connectivity index (χ0v) is 6.74. The van der Waals surface area contributed by atoms with Crippen molar-refractivity contribution in [3.8, 4) is 12.3 Å². The van der Waals surface area contributed by atoms with Crippen molar-refractivity contribution in [2.24, 2.45) is 5.41 Å². The summed E-state index contributed by atoms with van der Waals surface area (Å²) in [5.41, 5.74) is -0.187. The predicted octanol–water partition coefficient (Wildman–Crippen LogP) is 0.710. The molecule has 1 aliphatic heterocycles. The minimum absolute atomic E-state index is 0.187. The highest BCUT2D eigenvalue weighted by molar-refractivity contribution is 7.80. The first kappa shape index (κ1) is 7.77. The van der Waals surface area contributed by atoms with Crippen LogP contribution in [0.15, 0.2) is 0 Å². The molecule has 1 fully saturated rings. The van der Waals surface area contributed by atoms with Gasteiger partial charge in [-0.25, -0.2) is 4.21 Å². The fraction of sp³-hybridized carbons (Fsp3) is 0.714. The predicted molar refractivity (Wildman–Crippen MR) is 40.5 cm³/mol. The average Bonchev–Trinajstić information content (AvgIpc) is 1.96. The van der Waals surface area contributed by atoms with Crippen LogP contribution in [0.25, 0.3) is 0 Å². The zero-order chi connectivity index (χ0) is 7.61. The van der Waals surface area contributed by atoms with Gasteiger partial charge >= 0.3 is 0 Å². The summed E-state index contributed by atoms with van der Waals surface area (Å²) in [7, 11) is 0. The number of hydrogen-bond acceptors (Lipinski definition) is 2. The zero-order valence-electron chi connectivity index (χ0n) is 5.92. The second-order valence-electron chi connectivity index (χ2n) is 2.73. The van der Waals surface area contributed by atoms with E-state index in [1.165, 1.54) is 0 Å². The van der Waals surface area contributed by atoms with E-state index in [9.17, 15) is 4.21 Å². The highest BCUT2D eigenvalue weighted by Gasteiger charge is 2.28. The maximum atomic E-state index is 10.7. The summed E-state index contributed by atoms with van der Waals surface area (Å²) >= 11 is -1.08. The van der Waals surface area contributed by atoms with Gasteiger partial charge in [0.2, 0.25) is 0 Å². The van der Waals surface area contributed by atoms with Crippen LogP contribution < -0.4 is 0 Å². The van der Waals surface area contributed by atoms with E-state index in [0.717, 1.165) is 6.42 Å². The molecule has 3 heteroatoms. The standard InChI is InChI=1S/C7H10O2S/c1-3-7(2)4-5-10(8)9-6-7/h1H,4-6H2,2H3. The minimum Gasteiger partial charge on any atom is -0.289 e. The summed E-state index contributed by atoms with van der Waals surface area (Å²) in [5, 5.41) is 0. The molecule has 1 rings (SSSR count). The molecule has 1 heterocycles. The molecule has 1 saturated heterocycles. The van der Waals surface area contributed by atoms with Gasteiger partial charge < -0.3 is 0 Å². The van der Waals surface area contributed by atoms with Crippen LogP contribution in [0, 0.1) is 17.8 Å². The Hall–Kier alpha value is -0.330. The number of terminal acetylenes is 1. The van der Waals surface area contributed by atoms with Crippen LogP contribution in [0.2, 0.25) is 0 Å². The third-order valence-corrected chi connectivity index (χ3v) is 2.60. The third-order valence-electron chi connectivity index (χ3n) is 1.68. The van der Waals surface area contributed by atoms with Crippen molar-refractivity contribution >= 4 is 11.1 Å². The van der Waals surface area contributed by atoms with Crippen molar-refractivity contribution in [1.29, 1.82) is 0 Å². The molecule has 0 spiro atoms. The Morgan fingerprint density at radius 3 is 2.90 bits per heavy atom. The summed E-state index contributed by atoms with van der Waals surface area (Å²) in [6.07, 6.45) is 6.06. The smallest absolute Gasteiger partial charge is 0.155 e. The van der Waals surface area contributed by atoms with Crippen molar-refractivity contribution < 1.29 is 8.39 Å². The Morgan fingerprint density at radius 2 is 2.50 bits per heavy atom. The van der Waals surface area contributed by atoms with Crippen LogP contribution >= 0.6 is 0 Å². The SMILES string of the molecule is C#CC1(C)CCS(=O)OC1. The molecule has 1 aliphatic rings. The Morgan fingerprint density at radius 1 is 1.80 bits per heavy atom. The molecular formula is C7H10O2S. The molecule has 0 aromatic carbocycles. The van der Waals surface area contributed by atoms with Crippen molar-refractivity contribution in [2.75, 3.05) is 12.4 Å². The molecule has 0 aromatic heterocycles. The molecule has 0 N–H and O–H groups in total. The highest BCUT2D eigenvalue weighted by atomic mass is 32.2. The summed E-state index contributed by atoms with van der Waals surface area (Å²) in [6.45, 7) is 2.37. The van der Waals surface area contributed by atoms with Gasteiger partial charge in [-0.1, -0.05) is 5.92 Å². The van der Waals surface area contributed by atoms with E-state index in [2.05, 4.69) is 5.92 Å². The molecule has 2 unspecified atom stereocenters. The van der Waals surface area contributed by atoms with Gasteiger partial charge in [-0.05, 0) is 13.3 Å². The summed E-state index contributed by atoms with van der Waals surface area (Å²) < 4.78 is 15.6. The lowest BCUT2D eigenvalue weighted by molar-refractivity contribution is 0.208. The first-order chi connectivity index (χ1) is 4.66. The molecule has 0 saturated carbocycles. The van der Waals surface area contributed by atoms with Crippen molar-refractivity contribution in [2.45, 2.75) is 13.3 Å². The quantitative estimate of drug-likeness (QED) is 0.485. The first-order valence-corrected chi connectivity index (χ1v) is 4.40. The Balaban J connectivity index is 2.56. The Bertz CT molecular complexity index is 182. The minimum atomic E-state index is -1.08. The van der Waals surface area contributed by atoms with Crippen molar-refractivity contribution in [3.05, 3.63) is 0 Å². The van der Waals surface area contributed by atoms with Gasteiger partial charge in [-0.3, -0.25) is 4.18 Å². The maximum Gasteiger partial charge on any atom is 0.155 e. The van der Waals surface area contributed by atoms with Crippen LogP contribution in [0.3, 0.4) is 0 Å². The Kier molecular flexibility index (Phi) is 2.12. The normalized spacial score (nSPS) is 40.6. The van der Waals surface area contributed by atoms with Gasteiger partial charge in [0.1, 0.15) is 0 Å². The molecule has 2 atom stereocenters. The average molecular weight is 158 g/mol. The van der Waals surface area contributed by atoms with Crippen LogP contribution in [0.1, 0.15) is 13.3 Å². The van der Waals surface area contributed by atoms with Crippen molar-refractivity contribution in [3.63, 3.8) is 0 Å². The van der Waals surface area contributed by atoms with Gasteiger partial charge in [0.25, 0.3) is 0 Å². The topological polar surface area (TPSA) is 26.3 Å². The van der Waals surface area contributed by atoms with Gasteiger partial charge in [0.15, 0.2) is 11.1 Å². The molecule has 56 valence electrons. The fourth-order valence-corrected chi connectivity index (χ4v) is 1.88. The molecule has 0 radical (unpaired) electrons. The highest BCUT2D eigenvalue weighted by Crippen LogP contribution is 2.25. The third kappa shape index (κ3) is 1.59. The second-order valence-corrected chi connectivity index (χ2v) is 3.98. The summed E-state index contributed by atoms with van der Waals surface area (Å²) in [5.74, 6) is 3.21. The number of rotatable bonds is 0. The molecule has 0 aromatic rings. The molecule has 0 aliphatic carbocycles. The van der Waals surface area contributed by atoms with E-state index in [1.54, 1.807) is 0 Å². The van der Waals surface area contributed by atoms with E-state index >= 15 is 0 Å². The monoisotopic (exact) mass is 158 g/mol. The van der Waals surface area contributed by atoms with Crippen LogP contribution in [0.5, 0.6) is 0 Å². The molecule has 0 bridgehead atoms. The van der Waals surface area contributed by atoms with Crippen LogP contribution in [0.4, 0.5) is 0 Å². The van der Waals surface area contributed by atoms with E-state index in [1.807, 2.05) is 6.92 Å². The van der Waals surface area contributed by atoms with E-state index in [-0.39, 0.29) is 5.41 Å². The maximum absolute atomic E-state index is 10.7. The van der Waals surface area contributed by atoms with E-state index in [0.29, 0.717) is 12.4 Å². The second kappa shape index (κ2) is 2.73. The van der Waals surface area contributed by atoms with E-state index in [4.69, 9.17) is 10.6 Å². The number of hydrogen-bond donors (Lipinski definition) is 0.